The molecule has 2 aliphatic heterocycles. The van der Waals surface area contributed by atoms with E-state index in [2.05, 4.69) is 12.2 Å². The van der Waals surface area contributed by atoms with Crippen LogP contribution in [-0.4, -0.2) is 54.6 Å². The van der Waals surface area contributed by atoms with Gasteiger partial charge in [0.2, 0.25) is 0 Å². The third-order valence-corrected chi connectivity index (χ3v) is 5.31. The van der Waals surface area contributed by atoms with Crippen molar-refractivity contribution in [2.24, 2.45) is 11.8 Å². The number of likely N-dealkylation sites (tertiary alicyclic amines) is 2. The van der Waals surface area contributed by atoms with Gasteiger partial charge in [0.15, 0.2) is 0 Å². The highest BCUT2D eigenvalue weighted by Gasteiger charge is 2.31. The van der Waals surface area contributed by atoms with E-state index in [0.717, 1.165) is 58.0 Å². The van der Waals surface area contributed by atoms with Crippen molar-refractivity contribution in [3.05, 3.63) is 12.2 Å². The van der Waals surface area contributed by atoms with Crippen LogP contribution in [0.5, 0.6) is 0 Å². The quantitative estimate of drug-likeness (QED) is 0.593. The van der Waals surface area contributed by atoms with Crippen molar-refractivity contribution in [3.8, 4) is 0 Å². The summed E-state index contributed by atoms with van der Waals surface area (Å²) in [5.74, 6) is 0.394. The minimum absolute atomic E-state index is 0.0308. The zero-order valence-electron chi connectivity index (χ0n) is 13.9. The summed E-state index contributed by atoms with van der Waals surface area (Å²) in [6.45, 7) is 3.69. The number of ether oxygens (including phenoxy) is 1. The number of amides is 2. The van der Waals surface area contributed by atoms with Crippen LogP contribution >= 0.6 is 0 Å². The maximum atomic E-state index is 12.3. The van der Waals surface area contributed by atoms with Crippen molar-refractivity contribution in [3.63, 3.8) is 0 Å². The smallest absolute Gasteiger partial charge is 0.319 e. The van der Waals surface area contributed by atoms with Crippen LogP contribution in [0.3, 0.4) is 0 Å². The zero-order chi connectivity index (χ0) is 16.1. The summed E-state index contributed by atoms with van der Waals surface area (Å²) >= 11 is 0. The topological polar surface area (TPSA) is 49.9 Å². The number of allylic oxidation sites excluding steroid dienone is 2. The number of urea groups is 1. The van der Waals surface area contributed by atoms with E-state index >= 15 is 0 Å². The summed E-state index contributed by atoms with van der Waals surface area (Å²) in [7, 11) is 0. The number of piperidine rings is 1. The average molecular weight is 320 g/mol. The van der Waals surface area contributed by atoms with Crippen molar-refractivity contribution in [1.29, 1.82) is 0 Å². The molecule has 2 saturated heterocycles. The lowest BCUT2D eigenvalue weighted by atomic mass is 9.95. The van der Waals surface area contributed by atoms with Gasteiger partial charge in [0.25, 0.3) is 0 Å². The van der Waals surface area contributed by atoms with Crippen LogP contribution in [0, 0.1) is 11.8 Å². The third-order valence-electron chi connectivity index (χ3n) is 5.31. The predicted molar refractivity (Wildman–Crippen MR) is 87.9 cm³/mol. The number of esters is 1. The number of carbonyl (C=O) groups excluding carboxylic acids is 2. The number of rotatable bonds is 3. The van der Waals surface area contributed by atoms with Crippen LogP contribution in [0.4, 0.5) is 4.79 Å². The fraction of sp³-hybridized carbons (Fsp3) is 0.778. The molecule has 128 valence electrons. The van der Waals surface area contributed by atoms with Gasteiger partial charge in [-0.05, 0) is 50.9 Å². The third kappa shape index (κ3) is 4.27. The Morgan fingerprint density at radius 2 is 1.65 bits per heavy atom. The molecule has 1 aliphatic carbocycles. The predicted octanol–water partition coefficient (Wildman–Crippen LogP) is 2.81. The molecular weight excluding hydrogens is 292 g/mol. The number of hydrogen-bond donors (Lipinski definition) is 0. The molecule has 0 N–H and O–H groups in total. The van der Waals surface area contributed by atoms with Gasteiger partial charge < -0.3 is 14.5 Å². The molecule has 0 radical (unpaired) electrons. The minimum Gasteiger partial charge on any atom is -0.465 e. The molecule has 2 heterocycles. The lowest BCUT2D eigenvalue weighted by Crippen LogP contribution is -2.46. The lowest BCUT2D eigenvalue weighted by Gasteiger charge is -2.33. The van der Waals surface area contributed by atoms with Crippen molar-refractivity contribution in [2.45, 2.75) is 44.9 Å². The Balaban J connectivity index is 1.38. The Morgan fingerprint density at radius 3 is 2.30 bits per heavy atom. The van der Waals surface area contributed by atoms with Gasteiger partial charge in [-0.25, -0.2) is 4.79 Å². The van der Waals surface area contributed by atoms with E-state index in [4.69, 9.17) is 4.74 Å². The van der Waals surface area contributed by atoms with E-state index in [1.165, 1.54) is 0 Å². The summed E-state index contributed by atoms with van der Waals surface area (Å²) in [5.41, 5.74) is 0. The van der Waals surface area contributed by atoms with Crippen LogP contribution in [0.1, 0.15) is 44.9 Å². The van der Waals surface area contributed by atoms with Crippen molar-refractivity contribution in [1.82, 2.24) is 9.80 Å². The molecule has 5 heteroatoms. The van der Waals surface area contributed by atoms with Crippen LogP contribution in [0.25, 0.3) is 0 Å². The van der Waals surface area contributed by atoms with E-state index in [9.17, 15) is 9.59 Å². The van der Waals surface area contributed by atoms with Gasteiger partial charge in [0, 0.05) is 26.2 Å². The monoisotopic (exact) mass is 320 g/mol. The molecule has 0 spiro atoms. The second-order valence-corrected chi connectivity index (χ2v) is 7.02. The first-order valence-electron chi connectivity index (χ1n) is 9.09. The fourth-order valence-corrected chi connectivity index (χ4v) is 3.74. The molecule has 1 unspecified atom stereocenters. The molecule has 0 aromatic rings. The zero-order valence-corrected chi connectivity index (χ0v) is 13.9. The minimum atomic E-state index is -0.0622. The Bertz CT molecular complexity index is 449. The molecule has 5 nitrogen and oxygen atoms in total. The van der Waals surface area contributed by atoms with Gasteiger partial charge in [-0.3, -0.25) is 4.79 Å². The number of nitrogens with zero attached hydrogens (tertiary/aromatic N) is 2. The van der Waals surface area contributed by atoms with E-state index < -0.39 is 0 Å². The maximum Gasteiger partial charge on any atom is 0.319 e. The highest BCUT2D eigenvalue weighted by atomic mass is 16.5. The van der Waals surface area contributed by atoms with Crippen LogP contribution in [-0.2, 0) is 9.53 Å². The normalized spacial score (nSPS) is 25.7. The second kappa shape index (κ2) is 7.84. The van der Waals surface area contributed by atoms with Gasteiger partial charge in [0.1, 0.15) is 0 Å². The Hall–Kier alpha value is -1.52. The Labute approximate surface area is 138 Å². The van der Waals surface area contributed by atoms with Crippen molar-refractivity contribution in [2.75, 3.05) is 32.8 Å². The summed E-state index contributed by atoms with van der Waals surface area (Å²) in [6.07, 6.45) is 11.3. The molecule has 2 fully saturated rings. The molecule has 0 aromatic heterocycles. The van der Waals surface area contributed by atoms with Gasteiger partial charge in [-0.2, -0.15) is 0 Å². The lowest BCUT2D eigenvalue weighted by molar-refractivity contribution is -0.151. The highest BCUT2D eigenvalue weighted by molar-refractivity contribution is 5.76. The molecule has 23 heavy (non-hydrogen) atoms. The molecule has 0 bridgehead atoms. The van der Waals surface area contributed by atoms with Gasteiger partial charge in [0.05, 0.1) is 12.5 Å². The summed E-state index contributed by atoms with van der Waals surface area (Å²) in [6, 6.07) is 0.156. The SMILES string of the molecule is O=C(OCC1CC=CCC1)C1CCN(C(=O)N2CCCC2)CC1. The molecule has 3 rings (SSSR count). The molecular formula is C18H28N2O3. The van der Waals surface area contributed by atoms with E-state index in [1.54, 1.807) is 0 Å². The Kier molecular flexibility index (Phi) is 5.57. The van der Waals surface area contributed by atoms with Crippen LogP contribution in [0.15, 0.2) is 12.2 Å². The first kappa shape index (κ1) is 16.3. The summed E-state index contributed by atoms with van der Waals surface area (Å²) < 4.78 is 5.53. The Morgan fingerprint density at radius 1 is 0.957 bits per heavy atom. The van der Waals surface area contributed by atoms with Crippen LogP contribution < -0.4 is 0 Å². The van der Waals surface area contributed by atoms with Gasteiger partial charge >= 0.3 is 12.0 Å². The number of hydrogen-bond acceptors (Lipinski definition) is 3. The first-order chi connectivity index (χ1) is 11.2. The molecule has 1 atom stereocenters. The number of carbonyl (C=O) groups is 2. The molecule has 0 saturated carbocycles. The van der Waals surface area contributed by atoms with E-state index in [0.29, 0.717) is 25.6 Å². The van der Waals surface area contributed by atoms with Crippen molar-refractivity contribution >= 4 is 12.0 Å². The maximum absolute atomic E-state index is 12.3. The van der Waals surface area contributed by atoms with Gasteiger partial charge in [-0.1, -0.05) is 12.2 Å². The van der Waals surface area contributed by atoms with Crippen molar-refractivity contribution < 1.29 is 14.3 Å². The molecule has 2 amide bonds. The van der Waals surface area contributed by atoms with E-state index in [-0.39, 0.29) is 17.9 Å². The van der Waals surface area contributed by atoms with Crippen LogP contribution in [0.2, 0.25) is 0 Å². The highest BCUT2D eigenvalue weighted by Crippen LogP contribution is 2.23. The molecule has 0 aromatic carbocycles. The van der Waals surface area contributed by atoms with Gasteiger partial charge in [-0.15, -0.1) is 0 Å². The summed E-state index contributed by atoms with van der Waals surface area (Å²) in [5, 5.41) is 0. The average Bonchev–Trinajstić information content (AvgIpc) is 3.15. The summed E-state index contributed by atoms with van der Waals surface area (Å²) in [4.78, 5) is 28.4. The second-order valence-electron chi connectivity index (χ2n) is 7.02. The largest absolute Gasteiger partial charge is 0.465 e. The molecule has 3 aliphatic rings. The standard InChI is InChI=1S/C18H28N2O3/c21-17(23-14-15-6-2-1-3-7-15)16-8-12-20(13-9-16)18(22)19-10-4-5-11-19/h1-2,15-16H,3-14H2. The first-order valence-corrected chi connectivity index (χ1v) is 9.09. The van der Waals surface area contributed by atoms with E-state index in [1.807, 2.05) is 9.80 Å². The fourth-order valence-electron chi connectivity index (χ4n) is 3.74.